The van der Waals surface area contributed by atoms with E-state index in [0.29, 0.717) is 17.8 Å². The number of methoxy groups -OCH3 is 1. The number of hydrogen-bond acceptors (Lipinski definition) is 4. The Balaban J connectivity index is 2.13. The number of nitriles is 1. The van der Waals surface area contributed by atoms with Gasteiger partial charge in [0.1, 0.15) is 10.5 Å². The topological polar surface area (TPSA) is 55.0 Å². The quantitative estimate of drug-likeness (QED) is 0.696. The second-order valence-corrected chi connectivity index (χ2v) is 5.45. The summed E-state index contributed by atoms with van der Waals surface area (Å²) in [7, 11) is 1.37. The number of fused-ring (bicyclic) bond motifs is 1. The first-order valence-corrected chi connectivity index (χ1v) is 7.25. The Morgan fingerprint density at radius 3 is 2.95 bits per heavy atom. The van der Waals surface area contributed by atoms with E-state index < -0.39 is 0 Å². The van der Waals surface area contributed by atoms with Crippen molar-refractivity contribution in [2.75, 3.05) is 7.11 Å². The number of carbonyl (C=O) groups excluding carboxylic acids is 1. The molecule has 0 unspecified atom stereocenters. The minimum absolute atomic E-state index is 0.368. The highest BCUT2D eigenvalue weighted by molar-refractivity contribution is 7.16. The fraction of sp³-hybridized carbons (Fsp3) is 0.125. The summed E-state index contributed by atoms with van der Waals surface area (Å²) in [5.74, 6) is -0.368. The average molecular weight is 296 g/mol. The zero-order valence-corrected chi connectivity index (χ0v) is 12.2. The third-order valence-corrected chi connectivity index (χ3v) is 4.31. The number of rotatable bonds is 3. The van der Waals surface area contributed by atoms with Gasteiger partial charge >= 0.3 is 5.97 Å². The third kappa shape index (κ3) is 2.30. The lowest BCUT2D eigenvalue weighted by Gasteiger charge is -2.10. The van der Waals surface area contributed by atoms with E-state index >= 15 is 0 Å². The zero-order valence-electron chi connectivity index (χ0n) is 11.4. The number of carbonyl (C=O) groups is 1. The van der Waals surface area contributed by atoms with E-state index in [-0.39, 0.29) is 5.97 Å². The van der Waals surface area contributed by atoms with Crippen molar-refractivity contribution in [1.82, 2.24) is 4.57 Å². The monoisotopic (exact) mass is 296 g/mol. The van der Waals surface area contributed by atoms with Gasteiger partial charge in [-0.15, -0.1) is 11.3 Å². The first-order valence-electron chi connectivity index (χ1n) is 6.37. The van der Waals surface area contributed by atoms with Gasteiger partial charge in [0.15, 0.2) is 0 Å². The molecule has 0 aliphatic heterocycles. The second-order valence-electron chi connectivity index (χ2n) is 4.56. The van der Waals surface area contributed by atoms with Crippen LogP contribution in [-0.2, 0) is 11.3 Å². The lowest BCUT2D eigenvalue weighted by Crippen LogP contribution is -2.11. The van der Waals surface area contributed by atoms with Crippen LogP contribution in [0.4, 0.5) is 0 Å². The largest absolute Gasteiger partial charge is 0.464 e. The molecule has 3 rings (SSSR count). The number of ether oxygens (including phenoxy) is 1. The Morgan fingerprint density at radius 1 is 1.38 bits per heavy atom. The van der Waals surface area contributed by atoms with Crippen molar-refractivity contribution < 1.29 is 9.53 Å². The molecule has 0 N–H and O–H groups in total. The smallest absolute Gasteiger partial charge is 0.354 e. The van der Waals surface area contributed by atoms with Crippen molar-refractivity contribution in [3.63, 3.8) is 0 Å². The first kappa shape index (κ1) is 13.4. The molecule has 0 saturated carbocycles. The molecule has 0 aliphatic carbocycles. The number of aromatic nitrogens is 1. The summed E-state index contributed by atoms with van der Waals surface area (Å²) < 4.78 is 6.75. The Bertz CT molecular complexity index is 855. The molecular formula is C16H12N2O2S. The molecule has 4 nitrogen and oxygen atoms in total. The normalized spacial score (nSPS) is 10.5. The van der Waals surface area contributed by atoms with Crippen molar-refractivity contribution in [2.24, 2.45) is 0 Å². The summed E-state index contributed by atoms with van der Waals surface area (Å²) in [4.78, 5) is 12.9. The maximum atomic E-state index is 11.9. The standard InChI is InChI=1S/C16H12N2O2S/c1-20-16(19)14-8-11-6-7-21-15(11)18(14)10-13-5-3-2-4-12(13)9-17/h2-8H,10H2,1H3. The minimum atomic E-state index is -0.368. The van der Waals surface area contributed by atoms with Gasteiger partial charge in [-0.25, -0.2) is 4.79 Å². The lowest BCUT2D eigenvalue weighted by molar-refractivity contribution is 0.0589. The third-order valence-electron chi connectivity index (χ3n) is 3.36. The molecule has 0 bridgehead atoms. The molecule has 21 heavy (non-hydrogen) atoms. The van der Waals surface area contributed by atoms with Gasteiger partial charge in [0.2, 0.25) is 0 Å². The molecule has 2 heterocycles. The van der Waals surface area contributed by atoms with Gasteiger partial charge in [0, 0.05) is 5.39 Å². The van der Waals surface area contributed by atoms with Crippen LogP contribution in [-0.4, -0.2) is 17.6 Å². The number of benzene rings is 1. The highest BCUT2D eigenvalue weighted by atomic mass is 32.1. The molecule has 1 aromatic carbocycles. The molecule has 0 atom stereocenters. The Morgan fingerprint density at radius 2 is 2.19 bits per heavy atom. The van der Waals surface area contributed by atoms with Gasteiger partial charge in [-0.05, 0) is 29.1 Å². The molecule has 0 spiro atoms. The first-order chi connectivity index (χ1) is 10.2. The second kappa shape index (κ2) is 5.43. The number of thiophene rings is 1. The highest BCUT2D eigenvalue weighted by Gasteiger charge is 2.17. The van der Waals surface area contributed by atoms with E-state index in [2.05, 4.69) is 6.07 Å². The van der Waals surface area contributed by atoms with Crippen LogP contribution in [0.25, 0.3) is 10.2 Å². The summed E-state index contributed by atoms with van der Waals surface area (Å²) in [6.45, 7) is 0.470. The van der Waals surface area contributed by atoms with E-state index in [0.717, 1.165) is 15.8 Å². The summed E-state index contributed by atoms with van der Waals surface area (Å²) in [5.41, 5.74) is 2.01. The Kier molecular flexibility index (Phi) is 3.46. The van der Waals surface area contributed by atoms with Crippen molar-refractivity contribution in [2.45, 2.75) is 6.54 Å². The van der Waals surface area contributed by atoms with E-state index in [9.17, 15) is 10.1 Å². The summed E-state index contributed by atoms with van der Waals surface area (Å²) >= 11 is 1.57. The molecule has 2 aromatic heterocycles. The predicted molar refractivity (Wildman–Crippen MR) is 81.4 cm³/mol. The zero-order chi connectivity index (χ0) is 14.8. The van der Waals surface area contributed by atoms with Gasteiger partial charge < -0.3 is 9.30 Å². The summed E-state index contributed by atoms with van der Waals surface area (Å²) in [5, 5.41) is 12.2. The molecule has 3 aromatic rings. The molecular weight excluding hydrogens is 284 g/mol. The molecule has 0 fully saturated rings. The van der Waals surface area contributed by atoms with Crippen LogP contribution in [0.15, 0.2) is 41.8 Å². The fourth-order valence-electron chi connectivity index (χ4n) is 2.34. The maximum absolute atomic E-state index is 11.9. The Labute approximate surface area is 125 Å². The average Bonchev–Trinajstić information content (AvgIpc) is 3.09. The molecule has 0 aliphatic rings. The minimum Gasteiger partial charge on any atom is -0.464 e. The van der Waals surface area contributed by atoms with Gasteiger partial charge in [-0.1, -0.05) is 18.2 Å². The van der Waals surface area contributed by atoms with Crippen LogP contribution >= 0.6 is 11.3 Å². The maximum Gasteiger partial charge on any atom is 0.354 e. The molecule has 0 amide bonds. The van der Waals surface area contributed by atoms with E-state index in [4.69, 9.17) is 4.74 Å². The van der Waals surface area contributed by atoms with Crippen LogP contribution in [0.1, 0.15) is 21.6 Å². The lowest BCUT2D eigenvalue weighted by atomic mass is 10.1. The van der Waals surface area contributed by atoms with E-state index in [1.807, 2.05) is 40.3 Å². The van der Waals surface area contributed by atoms with Gasteiger partial charge in [-0.2, -0.15) is 5.26 Å². The van der Waals surface area contributed by atoms with Crippen LogP contribution in [0.3, 0.4) is 0 Å². The van der Waals surface area contributed by atoms with Crippen LogP contribution in [0.2, 0.25) is 0 Å². The Hall–Kier alpha value is -2.58. The van der Waals surface area contributed by atoms with Crippen molar-refractivity contribution in [3.05, 3.63) is 58.6 Å². The fourth-order valence-corrected chi connectivity index (χ4v) is 3.24. The number of nitrogens with zero attached hydrogens (tertiary/aromatic N) is 2. The molecule has 0 saturated heterocycles. The summed E-state index contributed by atoms with van der Waals surface area (Å²) in [6.07, 6.45) is 0. The van der Waals surface area contributed by atoms with Crippen LogP contribution in [0, 0.1) is 11.3 Å². The molecule has 0 radical (unpaired) electrons. The van der Waals surface area contributed by atoms with E-state index in [1.54, 1.807) is 17.4 Å². The SMILES string of the molecule is COC(=O)c1cc2ccsc2n1Cc1ccccc1C#N. The van der Waals surface area contributed by atoms with Crippen molar-refractivity contribution in [1.29, 1.82) is 5.26 Å². The molecule has 104 valence electrons. The van der Waals surface area contributed by atoms with Crippen LogP contribution < -0.4 is 0 Å². The van der Waals surface area contributed by atoms with Crippen molar-refractivity contribution in [3.8, 4) is 6.07 Å². The summed E-state index contributed by atoms with van der Waals surface area (Å²) in [6, 6.07) is 13.4. The highest BCUT2D eigenvalue weighted by Crippen LogP contribution is 2.27. The van der Waals surface area contributed by atoms with Crippen LogP contribution in [0.5, 0.6) is 0 Å². The molecule has 5 heteroatoms. The van der Waals surface area contributed by atoms with Crippen molar-refractivity contribution >= 4 is 27.5 Å². The van der Waals surface area contributed by atoms with E-state index in [1.165, 1.54) is 7.11 Å². The van der Waals surface area contributed by atoms with Gasteiger partial charge in [0.05, 0.1) is 25.3 Å². The number of hydrogen-bond donors (Lipinski definition) is 0. The van der Waals surface area contributed by atoms with Gasteiger partial charge in [0.25, 0.3) is 0 Å². The van der Waals surface area contributed by atoms with Gasteiger partial charge in [-0.3, -0.25) is 0 Å². The predicted octanol–water partition coefficient (Wildman–Crippen LogP) is 3.41. The number of esters is 1.